The van der Waals surface area contributed by atoms with Crippen LogP contribution in [0.2, 0.25) is 0 Å². The second-order valence-electron chi connectivity index (χ2n) is 7.38. The van der Waals surface area contributed by atoms with Crippen molar-refractivity contribution in [2.24, 2.45) is 0 Å². The molecule has 1 aromatic carbocycles. The van der Waals surface area contributed by atoms with Crippen LogP contribution in [0.15, 0.2) is 28.8 Å². The molecule has 6 nitrogen and oxygen atoms in total. The van der Waals surface area contributed by atoms with Crippen LogP contribution >= 0.6 is 0 Å². The number of aromatic nitrogens is 2. The highest BCUT2D eigenvalue weighted by Crippen LogP contribution is 2.32. The molecule has 2 fully saturated rings. The minimum Gasteiger partial charge on any atom is -0.345 e. The lowest BCUT2D eigenvalue weighted by molar-refractivity contribution is 0.0949. The van der Waals surface area contributed by atoms with Crippen LogP contribution in [0.25, 0.3) is 0 Å². The first kappa shape index (κ1) is 17.2. The molecule has 2 N–H and O–H groups in total. The summed E-state index contributed by atoms with van der Waals surface area (Å²) in [5, 5.41) is 10.3. The van der Waals surface area contributed by atoms with Gasteiger partial charge >= 0.3 is 0 Å². The minimum atomic E-state index is -0.0946. The smallest absolute Gasteiger partial charge is 0.251 e. The van der Waals surface area contributed by atoms with Gasteiger partial charge in [0, 0.05) is 18.0 Å². The van der Waals surface area contributed by atoms with Crippen molar-refractivity contribution in [3.05, 3.63) is 47.1 Å². The fourth-order valence-electron chi connectivity index (χ4n) is 4.01. The molecule has 1 saturated carbocycles. The Morgan fingerprint density at radius 3 is 2.85 bits per heavy atom. The predicted octanol–water partition coefficient (Wildman–Crippen LogP) is 3.12. The third kappa shape index (κ3) is 3.96. The van der Waals surface area contributed by atoms with Crippen molar-refractivity contribution < 1.29 is 9.32 Å². The van der Waals surface area contributed by atoms with Crippen LogP contribution in [0.4, 0.5) is 0 Å². The van der Waals surface area contributed by atoms with Gasteiger partial charge in [-0.15, -0.1) is 0 Å². The highest BCUT2D eigenvalue weighted by atomic mass is 16.5. The fourth-order valence-corrected chi connectivity index (χ4v) is 4.01. The van der Waals surface area contributed by atoms with E-state index in [9.17, 15) is 4.79 Å². The van der Waals surface area contributed by atoms with Crippen molar-refractivity contribution in [1.82, 2.24) is 20.8 Å². The molecule has 138 valence electrons. The lowest BCUT2D eigenvalue weighted by atomic mass is 9.90. The number of piperidine rings is 1. The Balaban J connectivity index is 1.36. The molecule has 2 aromatic rings. The van der Waals surface area contributed by atoms with Crippen LogP contribution in [-0.4, -0.2) is 29.1 Å². The molecule has 0 radical (unpaired) electrons. The maximum atomic E-state index is 12.5. The van der Waals surface area contributed by atoms with Gasteiger partial charge in [-0.1, -0.05) is 30.1 Å². The maximum absolute atomic E-state index is 12.5. The largest absolute Gasteiger partial charge is 0.345 e. The molecule has 0 spiro atoms. The minimum absolute atomic E-state index is 0.0946. The third-order valence-electron chi connectivity index (χ3n) is 5.51. The molecule has 1 aromatic heterocycles. The van der Waals surface area contributed by atoms with Gasteiger partial charge in [0.2, 0.25) is 5.89 Å². The van der Waals surface area contributed by atoms with Gasteiger partial charge in [0.05, 0.1) is 6.54 Å². The Morgan fingerprint density at radius 1 is 1.19 bits per heavy atom. The first-order chi connectivity index (χ1) is 12.8. The van der Waals surface area contributed by atoms with E-state index in [2.05, 4.69) is 26.8 Å². The Hall–Kier alpha value is -2.21. The van der Waals surface area contributed by atoms with Crippen LogP contribution in [0.5, 0.6) is 0 Å². The Morgan fingerprint density at radius 2 is 2.04 bits per heavy atom. The standard InChI is InChI=1S/C20H26N4O2/c25-19(16-8-3-7-15(11-16)17-9-4-10-21-12-17)22-13-18-23-20(26-24-18)14-5-1-2-6-14/h3,7-8,11,14,17,21H,1-2,4-6,9-10,12-13H2,(H,22,25). The lowest BCUT2D eigenvalue weighted by Crippen LogP contribution is -2.28. The fraction of sp³-hybridized carbons (Fsp3) is 0.550. The number of hydrogen-bond donors (Lipinski definition) is 2. The average molecular weight is 354 g/mol. The summed E-state index contributed by atoms with van der Waals surface area (Å²) in [4.78, 5) is 17.0. The number of nitrogens with zero attached hydrogens (tertiary/aromatic N) is 2. The van der Waals surface area contributed by atoms with Gasteiger partial charge in [-0.3, -0.25) is 4.79 Å². The normalized spacial score (nSPS) is 21.0. The molecule has 1 atom stereocenters. The summed E-state index contributed by atoms with van der Waals surface area (Å²) >= 11 is 0. The molecule has 1 aliphatic carbocycles. The van der Waals surface area contributed by atoms with E-state index in [1.54, 1.807) is 0 Å². The van der Waals surface area contributed by atoms with Crippen LogP contribution in [0.1, 0.15) is 78.0 Å². The van der Waals surface area contributed by atoms with Gasteiger partial charge in [0.15, 0.2) is 5.82 Å². The topological polar surface area (TPSA) is 80.1 Å². The number of carbonyl (C=O) groups excluding carboxylic acids is 1. The lowest BCUT2D eigenvalue weighted by Gasteiger charge is -2.23. The van der Waals surface area contributed by atoms with E-state index in [4.69, 9.17) is 4.52 Å². The molecule has 1 saturated heterocycles. The third-order valence-corrected chi connectivity index (χ3v) is 5.51. The van der Waals surface area contributed by atoms with Crippen molar-refractivity contribution in [3.63, 3.8) is 0 Å². The molecule has 2 heterocycles. The van der Waals surface area contributed by atoms with Gasteiger partial charge < -0.3 is 15.2 Å². The van der Waals surface area contributed by atoms with Gasteiger partial charge in [0.1, 0.15) is 0 Å². The Kier molecular flexibility index (Phi) is 5.29. The molecule has 1 aliphatic heterocycles. The molecular formula is C20H26N4O2. The van der Waals surface area contributed by atoms with Crippen molar-refractivity contribution in [1.29, 1.82) is 0 Å². The highest BCUT2D eigenvalue weighted by Gasteiger charge is 2.23. The van der Waals surface area contributed by atoms with Gasteiger partial charge in [-0.2, -0.15) is 4.98 Å². The monoisotopic (exact) mass is 354 g/mol. The summed E-state index contributed by atoms with van der Waals surface area (Å²) in [5.74, 6) is 2.06. The number of rotatable bonds is 5. The van der Waals surface area contributed by atoms with Crippen molar-refractivity contribution in [2.75, 3.05) is 13.1 Å². The first-order valence-corrected chi connectivity index (χ1v) is 9.71. The van der Waals surface area contributed by atoms with E-state index in [1.807, 2.05) is 18.2 Å². The molecule has 0 bridgehead atoms. The average Bonchev–Trinajstić information content (AvgIpc) is 3.38. The predicted molar refractivity (Wildman–Crippen MR) is 98.0 cm³/mol. The van der Waals surface area contributed by atoms with Gasteiger partial charge in [-0.05, 0) is 55.8 Å². The number of amides is 1. The molecule has 1 unspecified atom stereocenters. The summed E-state index contributed by atoms with van der Waals surface area (Å²) in [6.07, 6.45) is 7.05. The van der Waals surface area contributed by atoms with E-state index in [0.29, 0.717) is 29.8 Å². The SMILES string of the molecule is O=C(NCc1noc(C2CCCC2)n1)c1cccc(C2CCCNC2)c1. The summed E-state index contributed by atoms with van der Waals surface area (Å²) in [6.45, 7) is 2.37. The summed E-state index contributed by atoms with van der Waals surface area (Å²) in [6, 6.07) is 7.94. The summed E-state index contributed by atoms with van der Waals surface area (Å²) < 4.78 is 5.37. The van der Waals surface area contributed by atoms with Gasteiger partial charge in [-0.25, -0.2) is 0 Å². The molecular weight excluding hydrogens is 328 g/mol. The van der Waals surface area contributed by atoms with Crippen LogP contribution in [0.3, 0.4) is 0 Å². The highest BCUT2D eigenvalue weighted by molar-refractivity contribution is 5.94. The number of benzene rings is 1. The summed E-state index contributed by atoms with van der Waals surface area (Å²) in [5.41, 5.74) is 1.92. The molecule has 26 heavy (non-hydrogen) atoms. The van der Waals surface area contributed by atoms with E-state index in [0.717, 1.165) is 31.8 Å². The second kappa shape index (κ2) is 7.99. The molecule has 2 aliphatic rings. The van der Waals surface area contributed by atoms with Crippen molar-refractivity contribution >= 4 is 5.91 Å². The molecule has 6 heteroatoms. The first-order valence-electron chi connectivity index (χ1n) is 9.71. The number of nitrogens with one attached hydrogen (secondary N) is 2. The maximum Gasteiger partial charge on any atom is 0.251 e. The number of hydrogen-bond acceptors (Lipinski definition) is 5. The Bertz CT molecular complexity index is 746. The van der Waals surface area contributed by atoms with Gasteiger partial charge in [0.25, 0.3) is 5.91 Å². The quantitative estimate of drug-likeness (QED) is 0.862. The zero-order chi connectivity index (χ0) is 17.8. The zero-order valence-corrected chi connectivity index (χ0v) is 15.0. The Labute approximate surface area is 153 Å². The zero-order valence-electron chi connectivity index (χ0n) is 15.0. The van der Waals surface area contributed by atoms with E-state index >= 15 is 0 Å². The van der Waals surface area contributed by atoms with Crippen LogP contribution in [0, 0.1) is 0 Å². The molecule has 1 amide bonds. The van der Waals surface area contributed by atoms with Crippen molar-refractivity contribution in [2.45, 2.75) is 56.9 Å². The number of carbonyl (C=O) groups is 1. The summed E-state index contributed by atoms with van der Waals surface area (Å²) in [7, 11) is 0. The van der Waals surface area contributed by atoms with E-state index in [1.165, 1.54) is 31.2 Å². The van der Waals surface area contributed by atoms with E-state index < -0.39 is 0 Å². The molecule has 4 rings (SSSR count). The van der Waals surface area contributed by atoms with Crippen LogP contribution in [-0.2, 0) is 6.54 Å². The second-order valence-corrected chi connectivity index (χ2v) is 7.38. The van der Waals surface area contributed by atoms with E-state index in [-0.39, 0.29) is 5.91 Å². The van der Waals surface area contributed by atoms with Crippen LogP contribution < -0.4 is 10.6 Å². The van der Waals surface area contributed by atoms with Crippen molar-refractivity contribution in [3.8, 4) is 0 Å².